The fourth-order valence-electron chi connectivity index (χ4n) is 1.66. The first-order chi connectivity index (χ1) is 9.60. The maximum Gasteiger partial charge on any atom is 0.291 e. The lowest BCUT2D eigenvalue weighted by Crippen LogP contribution is -2.24. The molecule has 0 aliphatic heterocycles. The molecule has 1 aromatic heterocycles. The van der Waals surface area contributed by atoms with Crippen molar-refractivity contribution in [2.75, 3.05) is 0 Å². The highest BCUT2D eigenvalue weighted by molar-refractivity contribution is 5.90. The minimum Gasteiger partial charge on any atom is -0.345 e. The van der Waals surface area contributed by atoms with Crippen LogP contribution in [0.15, 0.2) is 18.2 Å². The summed E-state index contributed by atoms with van der Waals surface area (Å²) >= 11 is 0. The molecule has 0 atom stereocenters. The molecular formula is C13H14F2N4O. The zero-order valence-electron chi connectivity index (χ0n) is 10.9. The molecule has 1 heterocycles. The first kappa shape index (κ1) is 14.1. The second-order valence-corrected chi connectivity index (χ2v) is 4.29. The Morgan fingerprint density at radius 3 is 2.85 bits per heavy atom. The quantitative estimate of drug-likeness (QED) is 0.879. The summed E-state index contributed by atoms with van der Waals surface area (Å²) in [5, 5.41) is 9.01. The molecule has 2 aromatic rings. The lowest BCUT2D eigenvalue weighted by molar-refractivity contribution is 0.0941. The number of nitrogens with one attached hydrogen (secondary N) is 2. The van der Waals surface area contributed by atoms with Gasteiger partial charge in [0, 0.05) is 13.0 Å². The van der Waals surface area contributed by atoms with Crippen LogP contribution < -0.4 is 5.32 Å². The first-order valence-electron chi connectivity index (χ1n) is 6.23. The molecule has 2 N–H and O–H groups in total. The lowest BCUT2D eigenvalue weighted by atomic mass is 10.2. The summed E-state index contributed by atoms with van der Waals surface area (Å²) < 4.78 is 25.7. The van der Waals surface area contributed by atoms with Crippen molar-refractivity contribution in [3.8, 4) is 0 Å². The van der Waals surface area contributed by atoms with Crippen molar-refractivity contribution >= 4 is 5.91 Å². The summed E-state index contributed by atoms with van der Waals surface area (Å²) in [5.41, 5.74) is 0.460. The van der Waals surface area contributed by atoms with E-state index < -0.39 is 17.5 Å². The predicted octanol–water partition coefficient (Wildman–Crippen LogP) is 1.97. The Hall–Kier alpha value is -2.31. The van der Waals surface area contributed by atoms with Crippen molar-refractivity contribution in [3.05, 3.63) is 47.0 Å². The number of amides is 1. The van der Waals surface area contributed by atoms with E-state index in [0.29, 0.717) is 17.8 Å². The lowest BCUT2D eigenvalue weighted by Gasteiger charge is -2.03. The van der Waals surface area contributed by atoms with E-state index in [1.807, 2.05) is 6.92 Å². The number of H-pyrrole nitrogens is 1. The molecule has 106 valence electrons. The van der Waals surface area contributed by atoms with Crippen molar-refractivity contribution in [1.82, 2.24) is 20.5 Å². The van der Waals surface area contributed by atoms with Gasteiger partial charge in [0.2, 0.25) is 5.82 Å². The Morgan fingerprint density at radius 2 is 2.15 bits per heavy atom. The van der Waals surface area contributed by atoms with Crippen LogP contribution in [-0.4, -0.2) is 21.1 Å². The van der Waals surface area contributed by atoms with Crippen LogP contribution >= 0.6 is 0 Å². The second kappa shape index (κ2) is 6.23. The Kier molecular flexibility index (Phi) is 4.39. The van der Waals surface area contributed by atoms with Crippen LogP contribution in [0, 0.1) is 11.6 Å². The van der Waals surface area contributed by atoms with Gasteiger partial charge in [-0.3, -0.25) is 9.89 Å². The highest BCUT2D eigenvalue weighted by atomic mass is 19.2. The van der Waals surface area contributed by atoms with E-state index in [4.69, 9.17) is 0 Å². The molecular weight excluding hydrogens is 266 g/mol. The molecule has 1 amide bonds. The minimum absolute atomic E-state index is 0.0380. The fourth-order valence-corrected chi connectivity index (χ4v) is 1.66. The summed E-state index contributed by atoms with van der Waals surface area (Å²) in [7, 11) is 0. The van der Waals surface area contributed by atoms with Gasteiger partial charge in [-0.1, -0.05) is 13.0 Å². The monoisotopic (exact) mass is 280 g/mol. The average molecular weight is 280 g/mol. The fraction of sp³-hybridized carbons (Fsp3) is 0.308. The molecule has 0 unspecified atom stereocenters. The number of benzene rings is 1. The van der Waals surface area contributed by atoms with Gasteiger partial charge < -0.3 is 5.32 Å². The highest BCUT2D eigenvalue weighted by Gasteiger charge is 2.12. The number of hydrogen-bond acceptors (Lipinski definition) is 3. The third kappa shape index (κ3) is 3.37. The smallest absolute Gasteiger partial charge is 0.291 e. The van der Waals surface area contributed by atoms with E-state index in [2.05, 4.69) is 20.5 Å². The molecule has 0 saturated heterocycles. The summed E-state index contributed by atoms with van der Waals surface area (Å²) in [5.74, 6) is -1.65. The van der Waals surface area contributed by atoms with Gasteiger partial charge in [0.25, 0.3) is 5.91 Å². The summed E-state index contributed by atoms with van der Waals surface area (Å²) in [6.07, 6.45) is 1.61. The zero-order chi connectivity index (χ0) is 14.5. The molecule has 0 aliphatic carbocycles. The normalized spacial score (nSPS) is 10.6. The van der Waals surface area contributed by atoms with Gasteiger partial charge in [-0.2, -0.15) is 0 Å². The third-order valence-corrected chi connectivity index (χ3v) is 2.66. The molecule has 0 fully saturated rings. The SMILES string of the molecule is CCCc1nc(C(=O)NCc2ccc(F)c(F)c2)n[nH]1. The largest absolute Gasteiger partial charge is 0.345 e. The van der Waals surface area contributed by atoms with Gasteiger partial charge in [-0.25, -0.2) is 13.8 Å². The predicted molar refractivity (Wildman–Crippen MR) is 67.9 cm³/mol. The molecule has 0 radical (unpaired) electrons. The standard InChI is InChI=1S/C13H14F2N4O/c1-2-3-11-17-12(19-18-11)13(20)16-7-8-4-5-9(14)10(15)6-8/h4-6H,2-3,7H2,1H3,(H,16,20)(H,17,18,19). The molecule has 0 spiro atoms. The van der Waals surface area contributed by atoms with Gasteiger partial charge >= 0.3 is 0 Å². The Morgan fingerprint density at radius 1 is 1.35 bits per heavy atom. The van der Waals surface area contributed by atoms with E-state index in [0.717, 1.165) is 18.6 Å². The molecule has 20 heavy (non-hydrogen) atoms. The van der Waals surface area contributed by atoms with E-state index >= 15 is 0 Å². The van der Waals surface area contributed by atoms with Gasteiger partial charge in [-0.05, 0) is 24.1 Å². The van der Waals surface area contributed by atoms with Gasteiger partial charge in [-0.15, -0.1) is 5.10 Å². The van der Waals surface area contributed by atoms with Crippen molar-refractivity contribution < 1.29 is 13.6 Å². The highest BCUT2D eigenvalue weighted by Crippen LogP contribution is 2.08. The zero-order valence-corrected chi connectivity index (χ0v) is 10.9. The van der Waals surface area contributed by atoms with Crippen LogP contribution in [-0.2, 0) is 13.0 Å². The van der Waals surface area contributed by atoms with Crippen LogP contribution in [0.2, 0.25) is 0 Å². The average Bonchev–Trinajstić information content (AvgIpc) is 2.89. The van der Waals surface area contributed by atoms with Gasteiger partial charge in [0.1, 0.15) is 5.82 Å². The summed E-state index contributed by atoms with van der Waals surface area (Å²) in [4.78, 5) is 15.8. The molecule has 0 aliphatic rings. The Labute approximate surface area is 114 Å². The number of aromatic amines is 1. The first-order valence-corrected chi connectivity index (χ1v) is 6.23. The maximum atomic E-state index is 13.0. The molecule has 0 bridgehead atoms. The Bertz CT molecular complexity index is 612. The number of halogens is 2. The number of carbonyl (C=O) groups excluding carboxylic acids is 1. The van der Waals surface area contributed by atoms with Crippen molar-refractivity contribution in [2.24, 2.45) is 0 Å². The van der Waals surface area contributed by atoms with Crippen LogP contribution in [0.1, 0.15) is 35.4 Å². The van der Waals surface area contributed by atoms with Crippen LogP contribution in [0.4, 0.5) is 8.78 Å². The van der Waals surface area contributed by atoms with E-state index in [9.17, 15) is 13.6 Å². The van der Waals surface area contributed by atoms with Crippen LogP contribution in [0.3, 0.4) is 0 Å². The molecule has 7 heteroatoms. The number of nitrogens with zero attached hydrogens (tertiary/aromatic N) is 2. The molecule has 5 nitrogen and oxygen atoms in total. The maximum absolute atomic E-state index is 13.0. The third-order valence-electron chi connectivity index (χ3n) is 2.66. The van der Waals surface area contributed by atoms with Crippen molar-refractivity contribution in [3.63, 3.8) is 0 Å². The number of carbonyl (C=O) groups is 1. The molecule has 2 rings (SSSR count). The summed E-state index contributed by atoms with van der Waals surface area (Å²) in [6, 6.07) is 3.46. The number of rotatable bonds is 5. The number of aromatic nitrogens is 3. The number of hydrogen-bond donors (Lipinski definition) is 2. The molecule has 1 aromatic carbocycles. The second-order valence-electron chi connectivity index (χ2n) is 4.29. The summed E-state index contributed by atoms with van der Waals surface area (Å²) in [6.45, 7) is 2.07. The van der Waals surface area contributed by atoms with E-state index in [1.54, 1.807) is 0 Å². The van der Waals surface area contributed by atoms with E-state index in [1.165, 1.54) is 6.07 Å². The Balaban J connectivity index is 1.95. The van der Waals surface area contributed by atoms with Crippen LogP contribution in [0.5, 0.6) is 0 Å². The van der Waals surface area contributed by atoms with Crippen molar-refractivity contribution in [2.45, 2.75) is 26.3 Å². The topological polar surface area (TPSA) is 70.7 Å². The molecule has 0 saturated carbocycles. The van der Waals surface area contributed by atoms with Gasteiger partial charge in [0.05, 0.1) is 0 Å². The number of aryl methyl sites for hydroxylation is 1. The van der Waals surface area contributed by atoms with Gasteiger partial charge in [0.15, 0.2) is 11.6 Å². The van der Waals surface area contributed by atoms with Crippen LogP contribution in [0.25, 0.3) is 0 Å². The van der Waals surface area contributed by atoms with Crippen molar-refractivity contribution in [1.29, 1.82) is 0 Å². The van der Waals surface area contributed by atoms with E-state index in [-0.39, 0.29) is 12.4 Å². The minimum atomic E-state index is -0.945.